The van der Waals surface area contributed by atoms with Gasteiger partial charge >= 0.3 is 0 Å². The van der Waals surface area contributed by atoms with Gasteiger partial charge < -0.3 is 9.47 Å². The van der Waals surface area contributed by atoms with E-state index in [9.17, 15) is 9.59 Å². The Kier molecular flexibility index (Phi) is 6.80. The third-order valence-corrected chi connectivity index (χ3v) is 8.22. The summed E-state index contributed by atoms with van der Waals surface area (Å²) in [5, 5.41) is 1.04. The van der Waals surface area contributed by atoms with Crippen LogP contribution < -0.4 is 10.5 Å². The molecule has 0 unspecified atom stereocenters. The van der Waals surface area contributed by atoms with Crippen molar-refractivity contribution in [2.45, 2.75) is 39.2 Å². The van der Waals surface area contributed by atoms with Gasteiger partial charge in [-0.2, -0.15) is 0 Å². The number of aryl methyl sites for hydroxylation is 2. The normalized spacial score (nSPS) is 18.1. The third-order valence-electron chi connectivity index (χ3n) is 6.84. The molecular formula is C28H29N3O2S2. The van der Waals surface area contributed by atoms with Crippen LogP contribution in [0, 0.1) is 6.92 Å². The second-order valence-corrected chi connectivity index (χ2v) is 11.0. The first-order valence-electron chi connectivity index (χ1n) is 12.1. The first-order valence-corrected chi connectivity index (χ1v) is 13.3. The highest BCUT2D eigenvalue weighted by Gasteiger charge is 2.33. The number of carbonyl (C=O) groups is 1. The van der Waals surface area contributed by atoms with E-state index in [2.05, 4.69) is 11.0 Å². The average Bonchev–Trinajstić information content (AvgIpc) is 3.03. The first-order chi connectivity index (χ1) is 16.9. The number of para-hydroxylation sites is 1. The van der Waals surface area contributed by atoms with Crippen molar-refractivity contribution in [3.63, 3.8) is 0 Å². The topological polar surface area (TPSA) is 45.6 Å². The van der Waals surface area contributed by atoms with Crippen LogP contribution in [-0.4, -0.2) is 32.8 Å². The standard InChI is InChI=1S/C28H29N3O2S2/c1-19-11-13-20(14-12-19)18-31-27(33)24(35-28(31)34)17-22-25(30-15-7-3-4-8-16-30)21-9-5-6-10-23(21)29(2)26(22)32/h5-6,9-14,17H,3-4,7-8,15-16,18H2,1-2H3. The molecule has 0 N–H and O–H groups in total. The number of carbonyl (C=O) groups excluding carboxylic acids is 1. The molecule has 1 amide bonds. The Bertz CT molecular complexity index is 1380. The molecule has 5 nitrogen and oxygen atoms in total. The molecule has 180 valence electrons. The van der Waals surface area contributed by atoms with Crippen LogP contribution in [0.15, 0.2) is 58.2 Å². The molecular weight excluding hydrogens is 474 g/mol. The number of aromatic nitrogens is 1. The molecule has 0 radical (unpaired) electrons. The maximum absolute atomic E-state index is 13.6. The molecule has 0 atom stereocenters. The Morgan fingerprint density at radius 2 is 1.66 bits per heavy atom. The van der Waals surface area contributed by atoms with Crippen molar-refractivity contribution in [3.8, 4) is 0 Å². The Morgan fingerprint density at radius 1 is 0.971 bits per heavy atom. The number of amides is 1. The molecule has 0 bridgehead atoms. The van der Waals surface area contributed by atoms with E-state index in [1.807, 2.05) is 49.4 Å². The van der Waals surface area contributed by atoms with Crippen LogP contribution in [0.1, 0.15) is 42.4 Å². The quantitative estimate of drug-likeness (QED) is 0.341. The molecule has 1 aromatic heterocycles. The molecule has 35 heavy (non-hydrogen) atoms. The van der Waals surface area contributed by atoms with Crippen LogP contribution in [0.3, 0.4) is 0 Å². The van der Waals surface area contributed by atoms with Crippen molar-refractivity contribution >= 4 is 56.9 Å². The van der Waals surface area contributed by atoms with Gasteiger partial charge in [-0.1, -0.05) is 84.8 Å². The van der Waals surface area contributed by atoms with Crippen LogP contribution in [0.4, 0.5) is 5.69 Å². The molecule has 7 heteroatoms. The first kappa shape index (κ1) is 23.8. The lowest BCUT2D eigenvalue weighted by Crippen LogP contribution is -2.30. The predicted molar refractivity (Wildman–Crippen MR) is 150 cm³/mol. The minimum atomic E-state index is -0.141. The summed E-state index contributed by atoms with van der Waals surface area (Å²) in [6, 6.07) is 16.2. The van der Waals surface area contributed by atoms with Crippen molar-refractivity contribution in [1.29, 1.82) is 0 Å². The number of hydrogen-bond acceptors (Lipinski definition) is 5. The van der Waals surface area contributed by atoms with E-state index in [4.69, 9.17) is 12.2 Å². The van der Waals surface area contributed by atoms with Crippen LogP contribution in [0.5, 0.6) is 0 Å². The molecule has 0 saturated carbocycles. The number of pyridine rings is 1. The van der Waals surface area contributed by atoms with Crippen LogP contribution in [0.2, 0.25) is 0 Å². The second-order valence-electron chi connectivity index (χ2n) is 9.30. The molecule has 2 aliphatic heterocycles. The zero-order valence-corrected chi connectivity index (χ0v) is 21.8. The highest BCUT2D eigenvalue weighted by molar-refractivity contribution is 8.26. The van der Waals surface area contributed by atoms with Crippen molar-refractivity contribution in [2.75, 3.05) is 18.0 Å². The molecule has 2 saturated heterocycles. The number of thioether (sulfide) groups is 1. The average molecular weight is 504 g/mol. The number of hydrogen-bond donors (Lipinski definition) is 0. The zero-order chi connectivity index (χ0) is 24.5. The lowest BCUT2D eigenvalue weighted by molar-refractivity contribution is -0.122. The maximum Gasteiger partial charge on any atom is 0.266 e. The smallest absolute Gasteiger partial charge is 0.266 e. The van der Waals surface area contributed by atoms with E-state index in [-0.39, 0.29) is 11.5 Å². The zero-order valence-electron chi connectivity index (χ0n) is 20.1. The van der Waals surface area contributed by atoms with Crippen molar-refractivity contribution < 1.29 is 4.79 Å². The Labute approximate surface area is 215 Å². The van der Waals surface area contributed by atoms with Gasteiger partial charge in [-0.3, -0.25) is 14.5 Å². The SMILES string of the molecule is Cc1ccc(CN2C(=O)C(=Cc3c(N4CCCCCC4)c4ccccc4n(C)c3=O)SC2=S)cc1. The summed E-state index contributed by atoms with van der Waals surface area (Å²) in [6.45, 7) is 4.29. The molecule has 3 heterocycles. The van der Waals surface area contributed by atoms with Crippen molar-refractivity contribution in [2.24, 2.45) is 7.05 Å². The van der Waals surface area contributed by atoms with Crippen LogP contribution in [0.25, 0.3) is 17.0 Å². The van der Waals surface area contributed by atoms with E-state index >= 15 is 0 Å². The molecule has 2 fully saturated rings. The molecule has 0 aliphatic carbocycles. The summed E-state index contributed by atoms with van der Waals surface area (Å²) < 4.78 is 2.21. The summed E-state index contributed by atoms with van der Waals surface area (Å²) >= 11 is 6.86. The number of rotatable bonds is 4. The Hall–Kier alpha value is -2.90. The van der Waals surface area contributed by atoms with E-state index in [1.54, 1.807) is 22.6 Å². The minimum Gasteiger partial charge on any atom is -0.370 e. The molecule has 0 spiro atoms. The monoisotopic (exact) mass is 503 g/mol. The third kappa shape index (κ3) is 4.67. The molecule has 2 aromatic carbocycles. The fourth-order valence-corrected chi connectivity index (χ4v) is 6.15. The van der Waals surface area contributed by atoms with Gasteiger partial charge in [-0.25, -0.2) is 0 Å². The highest BCUT2D eigenvalue weighted by Crippen LogP contribution is 2.37. The van der Waals surface area contributed by atoms with Crippen molar-refractivity contribution in [1.82, 2.24) is 9.47 Å². The van der Waals surface area contributed by atoms with E-state index in [0.717, 1.165) is 48.1 Å². The number of benzene rings is 2. The number of nitrogens with zero attached hydrogens (tertiary/aromatic N) is 3. The number of anilines is 1. The van der Waals surface area contributed by atoms with Gasteiger partial charge in [0.05, 0.1) is 28.2 Å². The molecule has 2 aliphatic rings. The van der Waals surface area contributed by atoms with E-state index in [0.29, 0.717) is 21.3 Å². The maximum atomic E-state index is 13.6. The molecule has 5 rings (SSSR count). The lowest BCUT2D eigenvalue weighted by atomic mass is 10.1. The van der Waals surface area contributed by atoms with E-state index < -0.39 is 0 Å². The van der Waals surface area contributed by atoms with Crippen LogP contribution >= 0.6 is 24.0 Å². The van der Waals surface area contributed by atoms with Gasteiger partial charge in [0.25, 0.3) is 11.5 Å². The lowest BCUT2D eigenvalue weighted by Gasteiger charge is -2.27. The summed E-state index contributed by atoms with van der Waals surface area (Å²) in [4.78, 5) is 31.5. The van der Waals surface area contributed by atoms with Crippen LogP contribution in [-0.2, 0) is 18.4 Å². The number of fused-ring (bicyclic) bond motifs is 1. The summed E-state index contributed by atoms with van der Waals surface area (Å²) in [7, 11) is 1.80. The summed E-state index contributed by atoms with van der Waals surface area (Å²) in [5.41, 5.74) is 4.53. The number of thiocarbonyl (C=S) groups is 1. The molecule has 3 aromatic rings. The predicted octanol–water partition coefficient (Wildman–Crippen LogP) is 5.63. The van der Waals surface area contributed by atoms with Gasteiger partial charge in [0.2, 0.25) is 0 Å². The highest BCUT2D eigenvalue weighted by atomic mass is 32.2. The second kappa shape index (κ2) is 9.99. The van der Waals surface area contributed by atoms with E-state index in [1.165, 1.54) is 30.2 Å². The van der Waals surface area contributed by atoms with Gasteiger partial charge in [-0.05, 0) is 37.5 Å². The Morgan fingerprint density at radius 3 is 2.37 bits per heavy atom. The minimum absolute atomic E-state index is 0.0910. The van der Waals surface area contributed by atoms with Gasteiger partial charge in [0.1, 0.15) is 4.32 Å². The van der Waals surface area contributed by atoms with Gasteiger partial charge in [0, 0.05) is 25.5 Å². The largest absolute Gasteiger partial charge is 0.370 e. The fourth-order valence-electron chi connectivity index (χ4n) is 4.91. The fraction of sp³-hybridized carbons (Fsp3) is 0.321. The summed E-state index contributed by atoms with van der Waals surface area (Å²) in [6.07, 6.45) is 6.38. The Balaban J connectivity index is 1.59. The van der Waals surface area contributed by atoms with Crippen molar-refractivity contribution in [3.05, 3.63) is 80.5 Å². The van der Waals surface area contributed by atoms with Gasteiger partial charge in [-0.15, -0.1) is 0 Å². The summed E-state index contributed by atoms with van der Waals surface area (Å²) in [5.74, 6) is -0.141. The van der Waals surface area contributed by atoms with Gasteiger partial charge in [0.15, 0.2) is 0 Å².